The lowest BCUT2D eigenvalue weighted by molar-refractivity contribution is 0.0250. The second-order valence-electron chi connectivity index (χ2n) is 7.14. The zero-order chi connectivity index (χ0) is 21.5. The summed E-state index contributed by atoms with van der Waals surface area (Å²) in [7, 11) is 0. The van der Waals surface area contributed by atoms with E-state index in [0.29, 0.717) is 25.4 Å². The van der Waals surface area contributed by atoms with Gasteiger partial charge in [0.2, 0.25) is 0 Å². The van der Waals surface area contributed by atoms with E-state index < -0.39 is 17.9 Å². The SMILES string of the molecule is Cc1cc(COC2CCN(c3cccc(COC(=O)N=C(N)N)c3F)CC2)ccn1. The van der Waals surface area contributed by atoms with Crippen molar-refractivity contribution in [3.05, 3.63) is 59.2 Å². The monoisotopic (exact) mass is 415 g/mol. The van der Waals surface area contributed by atoms with Gasteiger partial charge in [-0.15, -0.1) is 4.99 Å². The molecule has 0 aliphatic carbocycles. The molecule has 0 unspecified atom stereocenters. The normalized spacial score (nSPS) is 14.4. The summed E-state index contributed by atoms with van der Waals surface area (Å²) in [6.45, 7) is 3.59. The Morgan fingerprint density at radius 3 is 2.73 bits per heavy atom. The number of pyridine rings is 1. The number of aryl methyl sites for hydroxylation is 1. The number of piperidine rings is 1. The van der Waals surface area contributed by atoms with E-state index in [1.807, 2.05) is 24.0 Å². The number of halogens is 1. The van der Waals surface area contributed by atoms with Crippen LogP contribution < -0.4 is 16.4 Å². The third-order valence-electron chi connectivity index (χ3n) is 4.86. The molecule has 9 heteroatoms. The van der Waals surface area contributed by atoms with E-state index in [9.17, 15) is 9.18 Å². The van der Waals surface area contributed by atoms with Gasteiger partial charge in [-0.25, -0.2) is 9.18 Å². The third kappa shape index (κ3) is 5.90. The van der Waals surface area contributed by atoms with Crippen molar-refractivity contribution >= 4 is 17.7 Å². The molecular weight excluding hydrogens is 389 g/mol. The highest BCUT2D eigenvalue weighted by Crippen LogP contribution is 2.27. The van der Waals surface area contributed by atoms with Crippen LogP contribution in [0.5, 0.6) is 0 Å². The number of ether oxygens (including phenoxy) is 2. The standard InChI is InChI=1S/C21H26FN5O3/c1-14-11-15(5-8-25-14)12-29-17-6-9-27(10-7-17)18-4-2-3-16(19(18)22)13-30-21(28)26-20(23)24/h2-5,8,11,17H,6-7,9-10,12-13H2,1H3,(H4,23,24,26,28). The maximum atomic E-state index is 14.9. The Morgan fingerprint density at radius 1 is 1.27 bits per heavy atom. The molecule has 0 spiro atoms. The van der Waals surface area contributed by atoms with Gasteiger partial charge in [-0.05, 0) is 43.5 Å². The third-order valence-corrected chi connectivity index (χ3v) is 4.86. The molecule has 1 saturated heterocycles. The molecule has 3 rings (SSSR count). The average Bonchev–Trinajstić information content (AvgIpc) is 2.71. The molecule has 0 bridgehead atoms. The molecule has 4 N–H and O–H groups in total. The Morgan fingerprint density at radius 2 is 2.03 bits per heavy atom. The number of aromatic nitrogens is 1. The van der Waals surface area contributed by atoms with Crippen LogP contribution >= 0.6 is 0 Å². The topological polar surface area (TPSA) is 116 Å². The number of rotatable bonds is 6. The molecule has 1 aromatic heterocycles. The zero-order valence-electron chi connectivity index (χ0n) is 16.9. The highest BCUT2D eigenvalue weighted by atomic mass is 19.1. The van der Waals surface area contributed by atoms with Crippen molar-refractivity contribution < 1.29 is 18.7 Å². The van der Waals surface area contributed by atoms with Crippen LogP contribution in [0.1, 0.15) is 29.7 Å². The fourth-order valence-electron chi connectivity index (χ4n) is 3.37. The van der Waals surface area contributed by atoms with Gasteiger partial charge in [0.15, 0.2) is 11.8 Å². The van der Waals surface area contributed by atoms with Crippen LogP contribution in [0.4, 0.5) is 14.9 Å². The van der Waals surface area contributed by atoms with E-state index in [1.165, 1.54) is 0 Å². The first kappa shape index (κ1) is 21.5. The minimum absolute atomic E-state index is 0.126. The van der Waals surface area contributed by atoms with E-state index in [-0.39, 0.29) is 18.3 Å². The van der Waals surface area contributed by atoms with Gasteiger partial charge < -0.3 is 25.8 Å². The highest BCUT2D eigenvalue weighted by Gasteiger charge is 2.23. The summed E-state index contributed by atoms with van der Waals surface area (Å²) in [5.41, 5.74) is 13.0. The smallest absolute Gasteiger partial charge is 0.437 e. The number of hydrogen-bond acceptors (Lipinski definition) is 5. The number of nitrogens with two attached hydrogens (primary N) is 2. The maximum Gasteiger partial charge on any atom is 0.437 e. The van der Waals surface area contributed by atoms with Crippen molar-refractivity contribution in [3.8, 4) is 0 Å². The first-order valence-corrected chi connectivity index (χ1v) is 9.74. The molecule has 160 valence electrons. The number of carbonyl (C=O) groups excluding carboxylic acids is 1. The second-order valence-corrected chi connectivity index (χ2v) is 7.14. The fraction of sp³-hybridized carbons (Fsp3) is 0.381. The molecule has 1 aromatic carbocycles. The molecule has 0 atom stereocenters. The molecule has 30 heavy (non-hydrogen) atoms. The molecular formula is C21H26FN5O3. The Hall–Kier alpha value is -3.20. The summed E-state index contributed by atoms with van der Waals surface area (Å²) < 4.78 is 25.8. The Balaban J connectivity index is 1.53. The van der Waals surface area contributed by atoms with Gasteiger partial charge in [0.05, 0.1) is 18.4 Å². The van der Waals surface area contributed by atoms with E-state index in [1.54, 1.807) is 24.4 Å². The average molecular weight is 415 g/mol. The van der Waals surface area contributed by atoms with Crippen LogP contribution in [-0.4, -0.2) is 36.2 Å². The molecule has 0 radical (unpaired) electrons. The van der Waals surface area contributed by atoms with Crippen LogP contribution in [0.3, 0.4) is 0 Å². The van der Waals surface area contributed by atoms with Crippen molar-refractivity contribution in [1.29, 1.82) is 0 Å². The number of aliphatic imine (C=N–C) groups is 1. The predicted octanol–water partition coefficient (Wildman–Crippen LogP) is 2.62. The lowest BCUT2D eigenvalue weighted by Gasteiger charge is -2.34. The van der Waals surface area contributed by atoms with Gasteiger partial charge in [-0.1, -0.05) is 12.1 Å². The summed E-state index contributed by atoms with van der Waals surface area (Å²) in [5.74, 6) is -0.819. The van der Waals surface area contributed by atoms with Gasteiger partial charge in [-0.2, -0.15) is 0 Å². The van der Waals surface area contributed by atoms with Crippen LogP contribution in [0.2, 0.25) is 0 Å². The lowest BCUT2D eigenvalue weighted by atomic mass is 10.1. The lowest BCUT2D eigenvalue weighted by Crippen LogP contribution is -2.37. The van der Waals surface area contributed by atoms with Crippen LogP contribution in [0.25, 0.3) is 0 Å². The number of guanidine groups is 1. The minimum Gasteiger partial charge on any atom is -0.443 e. The minimum atomic E-state index is -0.956. The molecule has 1 fully saturated rings. The van der Waals surface area contributed by atoms with Crippen molar-refractivity contribution in [3.63, 3.8) is 0 Å². The van der Waals surface area contributed by atoms with Gasteiger partial charge >= 0.3 is 6.09 Å². The number of anilines is 1. The summed E-state index contributed by atoms with van der Waals surface area (Å²) in [6.07, 6.45) is 2.55. The van der Waals surface area contributed by atoms with E-state index in [4.69, 9.17) is 20.9 Å². The number of amides is 1. The van der Waals surface area contributed by atoms with Crippen molar-refractivity contribution in [2.45, 2.75) is 39.1 Å². The number of hydrogen-bond donors (Lipinski definition) is 2. The number of benzene rings is 1. The molecule has 2 heterocycles. The summed E-state index contributed by atoms with van der Waals surface area (Å²) in [6, 6.07) is 8.97. The molecule has 1 amide bonds. The largest absolute Gasteiger partial charge is 0.443 e. The van der Waals surface area contributed by atoms with Crippen molar-refractivity contribution in [2.75, 3.05) is 18.0 Å². The van der Waals surface area contributed by atoms with Crippen LogP contribution in [0, 0.1) is 12.7 Å². The Kier molecular flexibility index (Phi) is 7.18. The van der Waals surface area contributed by atoms with Gasteiger partial charge in [0, 0.05) is 30.5 Å². The Bertz CT molecular complexity index is 909. The summed E-state index contributed by atoms with van der Waals surface area (Å²) >= 11 is 0. The summed E-state index contributed by atoms with van der Waals surface area (Å²) in [4.78, 5) is 20.8. The first-order chi connectivity index (χ1) is 14.4. The van der Waals surface area contributed by atoms with E-state index in [0.717, 1.165) is 24.1 Å². The second kappa shape index (κ2) is 10.0. The van der Waals surface area contributed by atoms with E-state index >= 15 is 0 Å². The molecule has 1 aliphatic heterocycles. The van der Waals surface area contributed by atoms with E-state index in [2.05, 4.69) is 9.98 Å². The van der Waals surface area contributed by atoms with Crippen LogP contribution in [0.15, 0.2) is 41.5 Å². The zero-order valence-corrected chi connectivity index (χ0v) is 16.9. The molecule has 0 saturated carbocycles. The van der Waals surface area contributed by atoms with Crippen LogP contribution in [-0.2, 0) is 22.7 Å². The molecule has 8 nitrogen and oxygen atoms in total. The predicted molar refractivity (Wildman–Crippen MR) is 111 cm³/mol. The highest BCUT2D eigenvalue weighted by molar-refractivity contribution is 5.87. The maximum absolute atomic E-state index is 14.9. The molecule has 1 aliphatic rings. The summed E-state index contributed by atoms with van der Waals surface area (Å²) in [5, 5.41) is 0. The first-order valence-electron chi connectivity index (χ1n) is 9.74. The van der Waals surface area contributed by atoms with Gasteiger partial charge in [0.1, 0.15) is 6.61 Å². The number of nitrogens with zero attached hydrogens (tertiary/aromatic N) is 3. The van der Waals surface area contributed by atoms with Crippen molar-refractivity contribution in [2.24, 2.45) is 16.5 Å². The Labute approximate surface area is 174 Å². The molecule has 2 aromatic rings. The fourth-order valence-corrected chi connectivity index (χ4v) is 3.37. The van der Waals surface area contributed by atoms with Gasteiger partial charge in [0.25, 0.3) is 0 Å². The quantitative estimate of drug-likeness (QED) is 0.550. The number of carbonyl (C=O) groups is 1. The van der Waals surface area contributed by atoms with Gasteiger partial charge in [-0.3, -0.25) is 4.98 Å². The van der Waals surface area contributed by atoms with Crippen molar-refractivity contribution in [1.82, 2.24) is 4.98 Å².